The summed E-state index contributed by atoms with van der Waals surface area (Å²) in [6, 6.07) is 13.2. The van der Waals surface area contributed by atoms with Crippen LogP contribution in [0.25, 0.3) is 0 Å². The fourth-order valence-electron chi connectivity index (χ4n) is 3.00. The van der Waals surface area contributed by atoms with Crippen molar-refractivity contribution in [1.29, 1.82) is 0 Å². The predicted octanol–water partition coefficient (Wildman–Crippen LogP) is 3.29. The second-order valence-corrected chi connectivity index (χ2v) is 7.75. The van der Waals surface area contributed by atoms with Crippen LogP contribution in [0.15, 0.2) is 42.5 Å². The molecule has 0 aromatic heterocycles. The number of benzene rings is 2. The maximum absolute atomic E-state index is 12.9. The van der Waals surface area contributed by atoms with Gasteiger partial charge in [0, 0.05) is 6.54 Å². The van der Waals surface area contributed by atoms with Gasteiger partial charge in [-0.05, 0) is 54.7 Å². The van der Waals surface area contributed by atoms with Gasteiger partial charge in [-0.15, -0.1) is 0 Å². The van der Waals surface area contributed by atoms with Crippen molar-refractivity contribution in [3.8, 4) is 5.75 Å². The molecule has 122 valence electrons. The molecule has 0 atom stereocenters. The van der Waals surface area contributed by atoms with Crippen LogP contribution in [0.3, 0.4) is 0 Å². The topological polar surface area (TPSA) is 46.6 Å². The molecule has 2 aromatic rings. The van der Waals surface area contributed by atoms with Crippen molar-refractivity contribution in [2.75, 3.05) is 18.0 Å². The highest BCUT2D eigenvalue weighted by molar-refractivity contribution is 7.92. The van der Waals surface area contributed by atoms with E-state index in [1.54, 1.807) is 11.4 Å². The van der Waals surface area contributed by atoms with E-state index in [2.05, 4.69) is 0 Å². The summed E-state index contributed by atoms with van der Waals surface area (Å²) in [5, 5.41) is 0. The molecule has 5 heteroatoms. The molecular weight excluding hydrogens is 310 g/mol. The molecule has 0 unspecified atom stereocenters. The van der Waals surface area contributed by atoms with Crippen LogP contribution in [0.2, 0.25) is 0 Å². The smallest absolute Gasteiger partial charge is 0.239 e. The molecule has 0 bridgehead atoms. The lowest BCUT2D eigenvalue weighted by Crippen LogP contribution is -2.36. The third-order valence-electron chi connectivity index (χ3n) is 4.30. The third-order valence-corrected chi connectivity index (χ3v) is 6.02. The van der Waals surface area contributed by atoms with Gasteiger partial charge in [0.2, 0.25) is 10.0 Å². The Morgan fingerprint density at radius 1 is 1.17 bits per heavy atom. The highest BCUT2D eigenvalue weighted by atomic mass is 32.2. The molecular formula is C18H21NO3S. The maximum atomic E-state index is 12.9. The maximum Gasteiger partial charge on any atom is 0.239 e. The first kappa shape index (κ1) is 15.9. The van der Waals surface area contributed by atoms with Crippen LogP contribution >= 0.6 is 0 Å². The Morgan fingerprint density at radius 3 is 2.70 bits per heavy atom. The second kappa shape index (κ2) is 6.24. The van der Waals surface area contributed by atoms with Gasteiger partial charge in [0.25, 0.3) is 0 Å². The van der Waals surface area contributed by atoms with E-state index in [1.165, 1.54) is 0 Å². The number of hydrogen-bond acceptors (Lipinski definition) is 3. The van der Waals surface area contributed by atoms with Gasteiger partial charge >= 0.3 is 0 Å². The van der Waals surface area contributed by atoms with E-state index in [4.69, 9.17) is 4.74 Å². The van der Waals surface area contributed by atoms with E-state index in [-0.39, 0.29) is 5.75 Å². The van der Waals surface area contributed by atoms with Gasteiger partial charge < -0.3 is 4.74 Å². The number of fused-ring (bicyclic) bond motifs is 1. The fraction of sp³-hybridized carbons (Fsp3) is 0.333. The zero-order valence-corrected chi connectivity index (χ0v) is 14.3. The molecule has 4 nitrogen and oxygen atoms in total. The van der Waals surface area contributed by atoms with Gasteiger partial charge in [-0.25, -0.2) is 8.42 Å². The predicted molar refractivity (Wildman–Crippen MR) is 92.5 cm³/mol. The van der Waals surface area contributed by atoms with E-state index in [9.17, 15) is 8.42 Å². The standard InChI is InChI=1S/C18H21NO3S/c1-14-6-3-4-7-16(14)13-23(20,21)19-11-5-8-15-12-17(22-2)9-10-18(15)19/h3-4,6-7,9-10,12H,5,8,11,13H2,1-2H3. The molecule has 0 amide bonds. The summed E-state index contributed by atoms with van der Waals surface area (Å²) in [6.07, 6.45) is 1.70. The molecule has 1 aliphatic rings. The molecule has 0 fully saturated rings. The van der Waals surface area contributed by atoms with Crippen molar-refractivity contribution in [3.05, 3.63) is 59.2 Å². The average Bonchev–Trinajstić information content (AvgIpc) is 2.55. The molecule has 0 radical (unpaired) electrons. The van der Waals surface area contributed by atoms with Crippen molar-refractivity contribution in [2.45, 2.75) is 25.5 Å². The third kappa shape index (κ3) is 3.20. The van der Waals surface area contributed by atoms with Crippen LogP contribution < -0.4 is 9.04 Å². The first-order chi connectivity index (χ1) is 11.0. The highest BCUT2D eigenvalue weighted by Gasteiger charge is 2.28. The van der Waals surface area contributed by atoms with E-state index < -0.39 is 10.0 Å². The number of ether oxygens (including phenoxy) is 1. The molecule has 1 heterocycles. The van der Waals surface area contributed by atoms with Crippen LogP contribution in [0.1, 0.15) is 23.1 Å². The van der Waals surface area contributed by atoms with Crippen molar-refractivity contribution in [3.63, 3.8) is 0 Å². The van der Waals surface area contributed by atoms with Gasteiger partial charge in [0.1, 0.15) is 5.75 Å². The Kier molecular flexibility index (Phi) is 4.31. The van der Waals surface area contributed by atoms with Crippen LogP contribution in [0.4, 0.5) is 5.69 Å². The molecule has 0 N–H and O–H groups in total. The Hall–Kier alpha value is -2.01. The SMILES string of the molecule is COc1ccc2c(c1)CCCN2S(=O)(=O)Cc1ccccc1C. The van der Waals surface area contributed by atoms with E-state index in [1.807, 2.05) is 49.4 Å². The molecule has 2 aromatic carbocycles. The monoisotopic (exact) mass is 331 g/mol. The lowest BCUT2D eigenvalue weighted by Gasteiger charge is -2.31. The van der Waals surface area contributed by atoms with Gasteiger partial charge in [0.15, 0.2) is 0 Å². The molecule has 0 saturated carbocycles. The van der Waals surface area contributed by atoms with Gasteiger partial charge in [-0.3, -0.25) is 4.31 Å². The summed E-state index contributed by atoms with van der Waals surface area (Å²) in [4.78, 5) is 0. The van der Waals surface area contributed by atoms with Crippen LogP contribution in [-0.4, -0.2) is 22.1 Å². The number of hydrogen-bond donors (Lipinski definition) is 0. The Balaban J connectivity index is 1.95. The summed E-state index contributed by atoms with van der Waals surface area (Å²) < 4.78 is 32.6. The second-order valence-electron chi connectivity index (χ2n) is 5.85. The number of rotatable bonds is 4. The van der Waals surface area contributed by atoms with Crippen molar-refractivity contribution in [1.82, 2.24) is 0 Å². The number of sulfonamides is 1. The minimum atomic E-state index is -3.40. The first-order valence-corrected chi connectivity index (χ1v) is 9.34. The summed E-state index contributed by atoms with van der Waals surface area (Å²) in [5.74, 6) is 0.799. The average molecular weight is 331 g/mol. The summed E-state index contributed by atoms with van der Waals surface area (Å²) in [7, 11) is -1.78. The quantitative estimate of drug-likeness (QED) is 0.864. The van der Waals surface area contributed by atoms with Crippen molar-refractivity contribution < 1.29 is 13.2 Å². The van der Waals surface area contributed by atoms with E-state index in [0.29, 0.717) is 6.54 Å². The summed E-state index contributed by atoms with van der Waals surface area (Å²) >= 11 is 0. The van der Waals surface area contributed by atoms with Gasteiger partial charge in [-0.1, -0.05) is 24.3 Å². The van der Waals surface area contributed by atoms with Crippen LogP contribution in [-0.2, 0) is 22.2 Å². The molecule has 0 saturated heterocycles. The van der Waals surface area contributed by atoms with Crippen LogP contribution in [0, 0.1) is 6.92 Å². The minimum Gasteiger partial charge on any atom is -0.497 e. The summed E-state index contributed by atoms with van der Waals surface area (Å²) in [5.41, 5.74) is 3.67. The number of aryl methyl sites for hydroxylation is 2. The molecule has 0 aliphatic carbocycles. The normalized spacial score (nSPS) is 14.4. The number of methoxy groups -OCH3 is 1. The lowest BCUT2D eigenvalue weighted by atomic mass is 10.0. The zero-order valence-electron chi connectivity index (χ0n) is 13.5. The first-order valence-electron chi connectivity index (χ1n) is 7.73. The summed E-state index contributed by atoms with van der Waals surface area (Å²) in [6.45, 7) is 2.48. The molecule has 0 spiro atoms. The largest absolute Gasteiger partial charge is 0.497 e. The number of nitrogens with zero attached hydrogens (tertiary/aromatic N) is 1. The molecule has 23 heavy (non-hydrogen) atoms. The highest BCUT2D eigenvalue weighted by Crippen LogP contribution is 2.33. The van der Waals surface area contributed by atoms with Crippen molar-refractivity contribution >= 4 is 15.7 Å². The lowest BCUT2D eigenvalue weighted by molar-refractivity contribution is 0.414. The number of anilines is 1. The van der Waals surface area contributed by atoms with E-state index >= 15 is 0 Å². The minimum absolute atomic E-state index is 0.0329. The molecule has 3 rings (SSSR count). The van der Waals surface area contributed by atoms with E-state index in [0.717, 1.165) is 41.0 Å². The fourth-order valence-corrected chi connectivity index (χ4v) is 4.76. The Labute approximate surface area is 137 Å². The Morgan fingerprint density at radius 2 is 1.96 bits per heavy atom. The van der Waals surface area contributed by atoms with Gasteiger partial charge in [-0.2, -0.15) is 0 Å². The van der Waals surface area contributed by atoms with Crippen molar-refractivity contribution in [2.24, 2.45) is 0 Å². The zero-order chi connectivity index (χ0) is 16.4. The molecule has 1 aliphatic heterocycles. The Bertz CT molecular complexity index is 815. The van der Waals surface area contributed by atoms with Crippen LogP contribution in [0.5, 0.6) is 5.75 Å². The van der Waals surface area contributed by atoms with Gasteiger partial charge in [0.05, 0.1) is 18.6 Å².